The summed E-state index contributed by atoms with van der Waals surface area (Å²) >= 11 is 0. The summed E-state index contributed by atoms with van der Waals surface area (Å²) in [5, 5.41) is 5.35. The normalized spacial score (nSPS) is 10.4. The van der Waals surface area contributed by atoms with Gasteiger partial charge in [-0.05, 0) is 18.4 Å². The van der Waals surface area contributed by atoms with Crippen LogP contribution in [0.2, 0.25) is 0 Å². The smallest absolute Gasteiger partial charge is 0.315 e. The van der Waals surface area contributed by atoms with E-state index in [1.54, 1.807) is 18.2 Å². The van der Waals surface area contributed by atoms with Gasteiger partial charge in [0.2, 0.25) is 0 Å². The second kappa shape index (κ2) is 6.89. The third kappa shape index (κ3) is 5.33. The van der Waals surface area contributed by atoms with E-state index >= 15 is 0 Å². The van der Waals surface area contributed by atoms with Crippen LogP contribution in [0, 0.1) is 11.7 Å². The molecule has 2 N–H and O–H groups in total. The second-order valence-electron chi connectivity index (χ2n) is 4.38. The fraction of sp³-hybridized carbons (Fsp3) is 0.462. The monoisotopic (exact) mass is 238 g/mol. The Morgan fingerprint density at radius 2 is 2.00 bits per heavy atom. The lowest BCUT2D eigenvalue weighted by Gasteiger charge is -2.09. The van der Waals surface area contributed by atoms with E-state index in [1.165, 1.54) is 6.07 Å². The summed E-state index contributed by atoms with van der Waals surface area (Å²) in [6, 6.07) is 6.16. The van der Waals surface area contributed by atoms with E-state index in [9.17, 15) is 9.18 Å². The molecule has 0 aliphatic carbocycles. The average molecular weight is 238 g/mol. The van der Waals surface area contributed by atoms with Crippen LogP contribution in [-0.2, 0) is 6.54 Å². The van der Waals surface area contributed by atoms with Crippen LogP contribution in [0.25, 0.3) is 0 Å². The molecule has 0 bridgehead atoms. The molecule has 1 aromatic rings. The lowest BCUT2D eigenvalue weighted by Crippen LogP contribution is -2.36. The molecule has 1 aromatic carbocycles. The Balaban J connectivity index is 2.26. The number of amides is 2. The van der Waals surface area contributed by atoms with E-state index in [-0.39, 0.29) is 18.4 Å². The average Bonchev–Trinajstić information content (AvgIpc) is 2.27. The molecule has 0 saturated carbocycles. The van der Waals surface area contributed by atoms with Gasteiger partial charge < -0.3 is 10.6 Å². The Morgan fingerprint density at radius 1 is 1.29 bits per heavy atom. The molecule has 0 fully saturated rings. The first-order chi connectivity index (χ1) is 8.09. The van der Waals surface area contributed by atoms with Crippen molar-refractivity contribution >= 4 is 6.03 Å². The van der Waals surface area contributed by atoms with Gasteiger partial charge in [0.15, 0.2) is 0 Å². The summed E-state index contributed by atoms with van der Waals surface area (Å²) in [7, 11) is 0. The number of hydrogen-bond acceptors (Lipinski definition) is 1. The summed E-state index contributed by atoms with van der Waals surface area (Å²) in [5.41, 5.74) is 0.492. The number of halogens is 1. The largest absolute Gasteiger partial charge is 0.338 e. The number of carbonyl (C=O) groups excluding carboxylic acids is 1. The van der Waals surface area contributed by atoms with Crippen molar-refractivity contribution in [3.8, 4) is 0 Å². The van der Waals surface area contributed by atoms with Gasteiger partial charge >= 0.3 is 6.03 Å². The summed E-state index contributed by atoms with van der Waals surface area (Å²) in [4.78, 5) is 11.4. The summed E-state index contributed by atoms with van der Waals surface area (Å²) in [6.45, 7) is 5.04. The van der Waals surface area contributed by atoms with Crippen molar-refractivity contribution in [2.45, 2.75) is 26.8 Å². The topological polar surface area (TPSA) is 41.1 Å². The van der Waals surface area contributed by atoms with E-state index in [1.807, 2.05) is 0 Å². The molecule has 1 rings (SSSR count). The van der Waals surface area contributed by atoms with Crippen molar-refractivity contribution in [3.05, 3.63) is 35.6 Å². The number of nitrogens with one attached hydrogen (secondary N) is 2. The standard InChI is InChI=1S/C13H19FN2O/c1-10(2)7-8-15-13(17)16-9-11-5-3-4-6-12(11)14/h3-6,10H,7-9H2,1-2H3,(H2,15,16,17). The molecule has 0 aliphatic heterocycles. The van der Waals surface area contributed by atoms with Crippen molar-refractivity contribution in [2.24, 2.45) is 5.92 Å². The first kappa shape index (κ1) is 13.5. The lowest BCUT2D eigenvalue weighted by molar-refractivity contribution is 0.240. The number of benzene rings is 1. The highest BCUT2D eigenvalue weighted by atomic mass is 19.1. The van der Waals surface area contributed by atoms with Crippen molar-refractivity contribution < 1.29 is 9.18 Å². The molecule has 3 nitrogen and oxygen atoms in total. The maximum absolute atomic E-state index is 13.2. The quantitative estimate of drug-likeness (QED) is 0.813. The molecule has 0 unspecified atom stereocenters. The van der Waals surface area contributed by atoms with Crippen LogP contribution in [0.3, 0.4) is 0 Å². The molecule has 2 amide bonds. The maximum Gasteiger partial charge on any atom is 0.315 e. The van der Waals surface area contributed by atoms with Crippen molar-refractivity contribution in [1.82, 2.24) is 10.6 Å². The van der Waals surface area contributed by atoms with Gasteiger partial charge in [0.1, 0.15) is 5.82 Å². The van der Waals surface area contributed by atoms with Gasteiger partial charge in [-0.2, -0.15) is 0 Å². The van der Waals surface area contributed by atoms with Gasteiger partial charge in [0.05, 0.1) is 0 Å². The molecule has 0 spiro atoms. The van der Waals surface area contributed by atoms with Gasteiger partial charge in [0.25, 0.3) is 0 Å². The number of carbonyl (C=O) groups is 1. The van der Waals surface area contributed by atoms with Gasteiger partial charge in [-0.25, -0.2) is 9.18 Å². The first-order valence-electron chi connectivity index (χ1n) is 5.84. The predicted octanol–water partition coefficient (Wildman–Crippen LogP) is 2.67. The minimum atomic E-state index is -0.296. The predicted molar refractivity (Wildman–Crippen MR) is 66.1 cm³/mol. The van der Waals surface area contributed by atoms with Crippen molar-refractivity contribution in [3.63, 3.8) is 0 Å². The van der Waals surface area contributed by atoms with E-state index in [4.69, 9.17) is 0 Å². The minimum Gasteiger partial charge on any atom is -0.338 e. The zero-order chi connectivity index (χ0) is 12.7. The highest BCUT2D eigenvalue weighted by Crippen LogP contribution is 2.05. The summed E-state index contributed by atoms with van der Waals surface area (Å²) in [6.07, 6.45) is 0.938. The fourth-order valence-corrected chi connectivity index (χ4v) is 1.35. The van der Waals surface area contributed by atoms with Crippen LogP contribution in [0.4, 0.5) is 9.18 Å². The Bertz CT molecular complexity index is 366. The Morgan fingerprint density at radius 3 is 2.65 bits per heavy atom. The van der Waals surface area contributed by atoms with Crippen LogP contribution < -0.4 is 10.6 Å². The molecule has 17 heavy (non-hydrogen) atoms. The molecule has 94 valence electrons. The maximum atomic E-state index is 13.2. The van der Waals surface area contributed by atoms with E-state index < -0.39 is 0 Å². The highest BCUT2D eigenvalue weighted by Gasteiger charge is 2.03. The lowest BCUT2D eigenvalue weighted by atomic mass is 10.1. The zero-order valence-corrected chi connectivity index (χ0v) is 10.3. The Labute approximate surface area is 101 Å². The zero-order valence-electron chi connectivity index (χ0n) is 10.3. The fourth-order valence-electron chi connectivity index (χ4n) is 1.35. The Kier molecular flexibility index (Phi) is 5.46. The van der Waals surface area contributed by atoms with Gasteiger partial charge in [-0.3, -0.25) is 0 Å². The third-order valence-electron chi connectivity index (χ3n) is 2.40. The van der Waals surface area contributed by atoms with Gasteiger partial charge in [-0.1, -0.05) is 32.0 Å². The molecule has 0 radical (unpaired) electrons. The number of urea groups is 1. The van der Waals surface area contributed by atoms with Crippen LogP contribution in [0.5, 0.6) is 0 Å². The minimum absolute atomic E-state index is 0.209. The van der Waals surface area contributed by atoms with E-state index in [0.29, 0.717) is 18.0 Å². The SMILES string of the molecule is CC(C)CCNC(=O)NCc1ccccc1F. The first-order valence-corrected chi connectivity index (χ1v) is 5.84. The molecular formula is C13H19FN2O. The van der Waals surface area contributed by atoms with Gasteiger partial charge in [0, 0.05) is 18.7 Å². The van der Waals surface area contributed by atoms with E-state index in [2.05, 4.69) is 24.5 Å². The number of rotatable bonds is 5. The molecule has 0 atom stereocenters. The second-order valence-corrected chi connectivity index (χ2v) is 4.38. The van der Waals surface area contributed by atoms with Crippen LogP contribution in [-0.4, -0.2) is 12.6 Å². The Hall–Kier alpha value is -1.58. The molecule has 0 heterocycles. The molecular weight excluding hydrogens is 219 g/mol. The molecule has 4 heteroatoms. The number of hydrogen-bond donors (Lipinski definition) is 2. The van der Waals surface area contributed by atoms with Crippen LogP contribution in [0.15, 0.2) is 24.3 Å². The van der Waals surface area contributed by atoms with Crippen molar-refractivity contribution in [1.29, 1.82) is 0 Å². The van der Waals surface area contributed by atoms with E-state index in [0.717, 1.165) is 6.42 Å². The summed E-state index contributed by atoms with van der Waals surface area (Å²) < 4.78 is 13.2. The van der Waals surface area contributed by atoms with Crippen LogP contribution >= 0.6 is 0 Å². The summed E-state index contributed by atoms with van der Waals surface area (Å²) in [5.74, 6) is 0.261. The highest BCUT2D eigenvalue weighted by molar-refractivity contribution is 5.73. The molecule has 0 aromatic heterocycles. The third-order valence-corrected chi connectivity index (χ3v) is 2.40. The van der Waals surface area contributed by atoms with Crippen molar-refractivity contribution in [2.75, 3.05) is 6.54 Å². The van der Waals surface area contributed by atoms with Gasteiger partial charge in [-0.15, -0.1) is 0 Å². The molecule has 0 aliphatic rings. The van der Waals surface area contributed by atoms with Crippen LogP contribution in [0.1, 0.15) is 25.8 Å². The molecule has 0 saturated heterocycles.